The van der Waals surface area contributed by atoms with Crippen LogP contribution in [-0.4, -0.2) is 42.8 Å². The second kappa shape index (κ2) is 7.95. The number of aliphatic carboxylic acids is 1. The Labute approximate surface area is 168 Å². The number of imidazole rings is 1. The average Bonchev–Trinajstić information content (AvgIpc) is 3.09. The number of carbonyl (C=O) groups is 1. The summed E-state index contributed by atoms with van der Waals surface area (Å²) in [5, 5.41) is 25.4. The van der Waals surface area contributed by atoms with Gasteiger partial charge in [0.1, 0.15) is 12.3 Å². The summed E-state index contributed by atoms with van der Waals surface area (Å²) in [5.74, 6) is -1.01. The zero-order valence-corrected chi connectivity index (χ0v) is 17.2. The van der Waals surface area contributed by atoms with Gasteiger partial charge in [0.2, 0.25) is 0 Å². The summed E-state index contributed by atoms with van der Waals surface area (Å²) in [6, 6.07) is 11.5. The second-order valence-electron chi connectivity index (χ2n) is 7.36. The highest BCUT2D eigenvalue weighted by atomic mass is 32.2. The van der Waals surface area contributed by atoms with E-state index in [0.717, 1.165) is 16.2 Å². The van der Waals surface area contributed by atoms with Gasteiger partial charge in [-0.05, 0) is 44.7 Å². The molecule has 0 aliphatic carbocycles. The fourth-order valence-electron chi connectivity index (χ4n) is 2.99. The number of aliphatic hydroxyl groups is 1. The number of fused-ring (bicyclic) bond motifs is 1. The Morgan fingerprint density at radius 1 is 1.21 bits per heavy atom. The van der Waals surface area contributed by atoms with Crippen LogP contribution in [0.4, 0.5) is 0 Å². The highest BCUT2D eigenvalue weighted by Crippen LogP contribution is 2.36. The van der Waals surface area contributed by atoms with Crippen molar-refractivity contribution in [3.05, 3.63) is 54.4 Å². The number of aliphatic hydroxyl groups excluding tert-OH is 1. The van der Waals surface area contributed by atoms with Crippen LogP contribution in [0.25, 0.3) is 16.5 Å². The van der Waals surface area contributed by atoms with Crippen LogP contribution in [0.3, 0.4) is 0 Å². The second-order valence-corrected chi connectivity index (χ2v) is 8.98. The Kier molecular flexibility index (Phi) is 5.79. The van der Waals surface area contributed by atoms with Gasteiger partial charge in [-0.15, -0.1) is 0 Å². The topological polar surface area (TPSA) is 87.4 Å². The molecular formula is C21H25N3O3S. The molecule has 0 spiro atoms. The summed E-state index contributed by atoms with van der Waals surface area (Å²) >= 11 is 1.39. The highest BCUT2D eigenvalue weighted by molar-refractivity contribution is 8.00. The number of carboxylic acid groups (broad SMARTS) is 1. The zero-order chi connectivity index (χ0) is 20.5. The van der Waals surface area contributed by atoms with Crippen LogP contribution in [0.5, 0.6) is 0 Å². The van der Waals surface area contributed by atoms with Gasteiger partial charge in [0, 0.05) is 17.8 Å². The van der Waals surface area contributed by atoms with Crippen LogP contribution >= 0.6 is 11.8 Å². The van der Waals surface area contributed by atoms with E-state index in [1.54, 1.807) is 6.20 Å². The lowest BCUT2D eigenvalue weighted by Crippen LogP contribution is -2.50. The smallest absolute Gasteiger partial charge is 0.320 e. The molecule has 3 aromatic rings. The van der Waals surface area contributed by atoms with Gasteiger partial charge in [0.05, 0.1) is 10.4 Å². The summed E-state index contributed by atoms with van der Waals surface area (Å²) in [6.45, 7) is 7.31. The van der Waals surface area contributed by atoms with Crippen LogP contribution in [0.1, 0.15) is 26.3 Å². The van der Waals surface area contributed by atoms with E-state index in [2.05, 4.69) is 41.5 Å². The first-order valence-corrected chi connectivity index (χ1v) is 9.90. The lowest BCUT2D eigenvalue weighted by Gasteiger charge is -2.31. The standard InChI is InChI=1S/C21H25N3O3S/c1-13-9-10-17(16-8-6-5-7-15(13)16)24-12-11-22-20(24)28-21(3,4)19(27)23-14(2)18(25)26/h5-12,14,19,23,27H,1-4H3,(H,25,26). The van der Waals surface area contributed by atoms with Crippen LogP contribution < -0.4 is 5.32 Å². The third-order valence-corrected chi connectivity index (χ3v) is 6.01. The molecule has 0 saturated heterocycles. The molecule has 0 radical (unpaired) electrons. The molecule has 28 heavy (non-hydrogen) atoms. The fraction of sp³-hybridized carbons (Fsp3) is 0.333. The molecule has 0 aliphatic rings. The van der Waals surface area contributed by atoms with Gasteiger partial charge < -0.3 is 10.2 Å². The largest absolute Gasteiger partial charge is 0.480 e. The highest BCUT2D eigenvalue weighted by Gasteiger charge is 2.33. The molecule has 0 amide bonds. The molecule has 2 unspecified atom stereocenters. The van der Waals surface area contributed by atoms with E-state index in [0.29, 0.717) is 0 Å². The van der Waals surface area contributed by atoms with Crippen molar-refractivity contribution >= 4 is 28.5 Å². The van der Waals surface area contributed by atoms with E-state index in [-0.39, 0.29) is 0 Å². The third-order valence-electron chi connectivity index (χ3n) is 4.78. The van der Waals surface area contributed by atoms with E-state index in [9.17, 15) is 9.90 Å². The van der Waals surface area contributed by atoms with Crippen molar-refractivity contribution in [1.29, 1.82) is 0 Å². The first kappa shape index (κ1) is 20.4. The number of aromatic nitrogens is 2. The fourth-order valence-corrected chi connectivity index (χ4v) is 4.01. The predicted molar refractivity (Wildman–Crippen MR) is 112 cm³/mol. The van der Waals surface area contributed by atoms with E-state index in [1.807, 2.05) is 36.7 Å². The molecule has 7 heteroatoms. The van der Waals surface area contributed by atoms with E-state index in [4.69, 9.17) is 5.11 Å². The number of rotatable bonds is 7. The number of thioether (sulfide) groups is 1. The van der Waals surface area contributed by atoms with Crippen molar-refractivity contribution in [3.8, 4) is 5.69 Å². The van der Waals surface area contributed by atoms with Crippen molar-refractivity contribution in [2.24, 2.45) is 0 Å². The van der Waals surface area contributed by atoms with Crippen molar-refractivity contribution in [1.82, 2.24) is 14.9 Å². The summed E-state index contributed by atoms with van der Waals surface area (Å²) in [6.07, 6.45) is 2.60. The maximum absolute atomic E-state index is 11.1. The number of hydrogen-bond donors (Lipinski definition) is 3. The molecule has 2 atom stereocenters. The number of carboxylic acids is 1. The van der Waals surface area contributed by atoms with Gasteiger partial charge in [0.25, 0.3) is 0 Å². The number of aryl methyl sites for hydroxylation is 1. The molecule has 3 N–H and O–H groups in total. The molecule has 0 saturated carbocycles. The maximum atomic E-state index is 11.1. The summed E-state index contributed by atoms with van der Waals surface area (Å²) in [7, 11) is 0. The predicted octanol–water partition coefficient (Wildman–Crippen LogP) is 3.59. The van der Waals surface area contributed by atoms with Crippen LogP contribution in [0, 0.1) is 6.92 Å². The Morgan fingerprint density at radius 3 is 2.57 bits per heavy atom. The first-order chi connectivity index (χ1) is 13.2. The molecule has 1 aromatic heterocycles. The quantitative estimate of drug-likeness (QED) is 0.416. The molecule has 2 aromatic carbocycles. The molecule has 3 rings (SSSR count). The van der Waals surface area contributed by atoms with Crippen molar-refractivity contribution in [2.75, 3.05) is 0 Å². The zero-order valence-electron chi connectivity index (χ0n) is 16.4. The average molecular weight is 400 g/mol. The van der Waals surface area contributed by atoms with Crippen LogP contribution in [0.15, 0.2) is 53.9 Å². The summed E-state index contributed by atoms with van der Waals surface area (Å²) in [4.78, 5) is 15.5. The van der Waals surface area contributed by atoms with Gasteiger partial charge in [-0.1, -0.05) is 42.1 Å². The van der Waals surface area contributed by atoms with E-state index < -0.39 is 23.0 Å². The number of nitrogens with zero attached hydrogens (tertiary/aromatic N) is 2. The molecule has 148 valence electrons. The van der Waals surface area contributed by atoms with Gasteiger partial charge in [0.15, 0.2) is 5.16 Å². The summed E-state index contributed by atoms with van der Waals surface area (Å²) in [5.41, 5.74) is 2.22. The molecule has 0 bridgehead atoms. The Balaban J connectivity index is 1.93. The van der Waals surface area contributed by atoms with Gasteiger partial charge in [-0.3, -0.25) is 14.7 Å². The molecule has 6 nitrogen and oxygen atoms in total. The van der Waals surface area contributed by atoms with Crippen molar-refractivity contribution < 1.29 is 15.0 Å². The van der Waals surface area contributed by atoms with Crippen LogP contribution in [0.2, 0.25) is 0 Å². The van der Waals surface area contributed by atoms with E-state index in [1.165, 1.54) is 29.6 Å². The van der Waals surface area contributed by atoms with Crippen molar-refractivity contribution in [3.63, 3.8) is 0 Å². The minimum atomic E-state index is -1.02. The summed E-state index contributed by atoms with van der Waals surface area (Å²) < 4.78 is 1.30. The molecule has 0 fully saturated rings. The van der Waals surface area contributed by atoms with Gasteiger partial charge in [-0.25, -0.2) is 4.98 Å². The van der Waals surface area contributed by atoms with Crippen LogP contribution in [-0.2, 0) is 4.79 Å². The third kappa shape index (κ3) is 4.06. The molecular weight excluding hydrogens is 374 g/mol. The minimum absolute atomic E-state index is 0.701. The molecule has 1 heterocycles. The first-order valence-electron chi connectivity index (χ1n) is 9.08. The Hall–Kier alpha value is -2.35. The van der Waals surface area contributed by atoms with Crippen molar-refractivity contribution in [2.45, 2.75) is 49.9 Å². The Morgan fingerprint density at radius 2 is 1.89 bits per heavy atom. The lowest BCUT2D eigenvalue weighted by atomic mass is 10.0. The number of hydrogen-bond acceptors (Lipinski definition) is 5. The number of benzene rings is 2. The van der Waals surface area contributed by atoms with E-state index >= 15 is 0 Å². The minimum Gasteiger partial charge on any atom is -0.480 e. The monoisotopic (exact) mass is 399 g/mol. The molecule has 0 aliphatic heterocycles. The SMILES string of the molecule is Cc1ccc(-n2ccnc2SC(C)(C)C(O)NC(C)C(=O)O)c2ccccc12. The normalized spacial score (nSPS) is 14.2. The van der Waals surface area contributed by atoms with Gasteiger partial charge >= 0.3 is 5.97 Å². The maximum Gasteiger partial charge on any atom is 0.320 e. The van der Waals surface area contributed by atoms with Gasteiger partial charge in [-0.2, -0.15) is 0 Å². The number of nitrogens with one attached hydrogen (secondary N) is 1. The lowest BCUT2D eigenvalue weighted by molar-refractivity contribution is -0.140. The Bertz CT molecular complexity index is 999.